The minimum Gasteiger partial charge on any atom is -0.462 e. The van der Waals surface area contributed by atoms with Crippen molar-refractivity contribution in [3.63, 3.8) is 0 Å². The maximum Gasteiger partial charge on any atom is 0.306 e. The van der Waals surface area contributed by atoms with E-state index in [0.717, 1.165) is 70.6 Å². The highest BCUT2D eigenvalue weighted by Crippen LogP contribution is 2.14. The van der Waals surface area contributed by atoms with E-state index in [1.54, 1.807) is 0 Å². The molecular formula is C61H104O5. The standard InChI is InChI=1S/C61H104O5/c1-4-7-10-13-16-19-22-25-28-30-31-32-34-37-40-43-46-49-52-55-61(63)66-59(57-64-56-53-50-47-44-41-38-35-29-26-23-20-17-14-11-8-5-2)58-65-60(62)54-51-48-45-42-39-36-33-27-24-21-18-15-12-9-6-3/h16,18-19,21,25,27-28,31-33,37,39-40,42,46,49,59H,4-15,17,20,22-24,26,29-30,34-36,38,41,43-45,47-48,50-58H2,1-3H3/b19-16-,21-18-,28-25-,32-31-,33-27-,40-37-,42-39-,49-46-/t59-/m1/s1. The van der Waals surface area contributed by atoms with E-state index in [1.165, 1.54) is 141 Å². The lowest BCUT2D eigenvalue weighted by Crippen LogP contribution is -2.30. The molecule has 0 rings (SSSR count). The maximum absolute atomic E-state index is 12.8. The molecule has 0 radical (unpaired) electrons. The van der Waals surface area contributed by atoms with Crippen LogP contribution in [-0.2, 0) is 23.8 Å². The van der Waals surface area contributed by atoms with Crippen LogP contribution in [-0.4, -0.2) is 37.9 Å². The number of hydrogen-bond acceptors (Lipinski definition) is 5. The van der Waals surface area contributed by atoms with Gasteiger partial charge >= 0.3 is 11.9 Å². The molecule has 0 N–H and O–H groups in total. The van der Waals surface area contributed by atoms with Crippen LogP contribution in [0, 0.1) is 0 Å². The summed E-state index contributed by atoms with van der Waals surface area (Å²) < 4.78 is 17.3. The first-order valence-electron chi connectivity index (χ1n) is 27.8. The summed E-state index contributed by atoms with van der Waals surface area (Å²) >= 11 is 0. The molecule has 5 nitrogen and oxygen atoms in total. The molecule has 0 aliphatic carbocycles. The fourth-order valence-corrected chi connectivity index (χ4v) is 7.44. The number of hydrogen-bond donors (Lipinski definition) is 0. The number of carbonyl (C=O) groups excluding carboxylic acids is 2. The van der Waals surface area contributed by atoms with Crippen molar-refractivity contribution in [3.8, 4) is 0 Å². The van der Waals surface area contributed by atoms with Crippen LogP contribution in [0.2, 0.25) is 0 Å². The van der Waals surface area contributed by atoms with Crippen molar-refractivity contribution in [2.75, 3.05) is 19.8 Å². The van der Waals surface area contributed by atoms with Gasteiger partial charge in [0.25, 0.3) is 0 Å². The molecular weight excluding hydrogens is 813 g/mol. The smallest absolute Gasteiger partial charge is 0.306 e. The predicted octanol–water partition coefficient (Wildman–Crippen LogP) is 19.0. The molecule has 0 amide bonds. The Morgan fingerprint density at radius 1 is 0.333 bits per heavy atom. The second-order valence-electron chi connectivity index (χ2n) is 18.1. The zero-order chi connectivity index (χ0) is 47.7. The van der Waals surface area contributed by atoms with Gasteiger partial charge in [0.05, 0.1) is 6.61 Å². The molecule has 378 valence electrons. The van der Waals surface area contributed by atoms with E-state index in [4.69, 9.17) is 14.2 Å². The van der Waals surface area contributed by atoms with Crippen molar-refractivity contribution in [3.05, 3.63) is 97.2 Å². The molecule has 66 heavy (non-hydrogen) atoms. The van der Waals surface area contributed by atoms with Crippen molar-refractivity contribution >= 4 is 11.9 Å². The lowest BCUT2D eigenvalue weighted by atomic mass is 10.0. The molecule has 0 aliphatic heterocycles. The van der Waals surface area contributed by atoms with Crippen molar-refractivity contribution < 1.29 is 23.8 Å². The van der Waals surface area contributed by atoms with Gasteiger partial charge in [-0.2, -0.15) is 0 Å². The number of esters is 2. The average molecular weight is 917 g/mol. The molecule has 0 aromatic rings. The molecule has 0 heterocycles. The third-order valence-electron chi connectivity index (χ3n) is 11.6. The van der Waals surface area contributed by atoms with Gasteiger partial charge in [0.1, 0.15) is 6.61 Å². The van der Waals surface area contributed by atoms with Gasteiger partial charge in [0, 0.05) is 19.4 Å². The van der Waals surface area contributed by atoms with E-state index >= 15 is 0 Å². The number of unbranched alkanes of at least 4 members (excludes halogenated alkanes) is 23. The largest absolute Gasteiger partial charge is 0.462 e. The number of allylic oxidation sites excluding steroid dienone is 16. The van der Waals surface area contributed by atoms with Gasteiger partial charge in [0.15, 0.2) is 6.10 Å². The SMILES string of the molecule is CCCCC/C=C\C/C=C\C/C=C\C/C=C\C/C=C\CCC(=O)O[C@H](COCCCCCCCCCCCCCCCCCC)COC(=O)CCCC/C=C\C/C=C\C/C=C\CCCCC. The highest BCUT2D eigenvalue weighted by Gasteiger charge is 2.17. The van der Waals surface area contributed by atoms with Gasteiger partial charge in [-0.3, -0.25) is 9.59 Å². The first kappa shape index (κ1) is 62.8. The number of rotatable bonds is 50. The summed E-state index contributed by atoms with van der Waals surface area (Å²) in [5.74, 6) is -0.534. The predicted molar refractivity (Wildman–Crippen MR) is 288 cm³/mol. The highest BCUT2D eigenvalue weighted by atomic mass is 16.6. The van der Waals surface area contributed by atoms with Crippen molar-refractivity contribution in [2.45, 2.75) is 258 Å². The molecule has 0 aromatic carbocycles. The Labute approximate surface area is 409 Å². The normalized spacial score (nSPS) is 13.0. The van der Waals surface area contributed by atoms with Gasteiger partial charge in [-0.25, -0.2) is 0 Å². The number of carbonyl (C=O) groups is 2. The summed E-state index contributed by atoms with van der Waals surface area (Å²) in [5, 5.41) is 0. The van der Waals surface area contributed by atoms with E-state index in [2.05, 4.69) is 112 Å². The van der Waals surface area contributed by atoms with E-state index in [0.29, 0.717) is 19.4 Å². The van der Waals surface area contributed by atoms with E-state index in [9.17, 15) is 9.59 Å². The molecule has 0 bridgehead atoms. The Bertz CT molecular complexity index is 1270. The summed E-state index contributed by atoms with van der Waals surface area (Å²) in [6, 6.07) is 0. The van der Waals surface area contributed by atoms with Crippen LogP contribution < -0.4 is 0 Å². The van der Waals surface area contributed by atoms with E-state index in [1.807, 2.05) is 6.08 Å². The second kappa shape index (κ2) is 56.1. The van der Waals surface area contributed by atoms with Crippen molar-refractivity contribution in [1.29, 1.82) is 0 Å². The Morgan fingerprint density at radius 2 is 0.667 bits per heavy atom. The van der Waals surface area contributed by atoms with E-state index in [-0.39, 0.29) is 31.6 Å². The average Bonchev–Trinajstić information content (AvgIpc) is 3.32. The molecule has 0 spiro atoms. The monoisotopic (exact) mass is 917 g/mol. The Morgan fingerprint density at radius 3 is 1.08 bits per heavy atom. The minimum atomic E-state index is -0.595. The fourth-order valence-electron chi connectivity index (χ4n) is 7.44. The van der Waals surface area contributed by atoms with Gasteiger partial charge < -0.3 is 14.2 Å². The van der Waals surface area contributed by atoms with Crippen LogP contribution in [0.3, 0.4) is 0 Å². The summed E-state index contributed by atoms with van der Waals surface area (Å²) in [5.41, 5.74) is 0. The van der Waals surface area contributed by atoms with Gasteiger partial charge in [-0.1, -0.05) is 240 Å². The highest BCUT2D eigenvalue weighted by molar-refractivity contribution is 5.70. The first-order valence-corrected chi connectivity index (χ1v) is 27.8. The van der Waals surface area contributed by atoms with Crippen LogP contribution in [0.25, 0.3) is 0 Å². The van der Waals surface area contributed by atoms with Gasteiger partial charge in [0.2, 0.25) is 0 Å². The Kier molecular flexibility index (Phi) is 53.4. The fraction of sp³-hybridized carbons (Fsp3) is 0.705. The van der Waals surface area contributed by atoms with Crippen LogP contribution in [0.15, 0.2) is 97.2 Å². The molecule has 0 unspecified atom stereocenters. The molecule has 0 saturated carbocycles. The zero-order valence-electron chi connectivity index (χ0n) is 43.4. The summed E-state index contributed by atoms with van der Waals surface area (Å²) in [7, 11) is 0. The zero-order valence-corrected chi connectivity index (χ0v) is 43.4. The van der Waals surface area contributed by atoms with E-state index < -0.39 is 6.10 Å². The lowest BCUT2D eigenvalue weighted by Gasteiger charge is -2.18. The third kappa shape index (κ3) is 53.4. The third-order valence-corrected chi connectivity index (χ3v) is 11.6. The topological polar surface area (TPSA) is 61.8 Å². The summed E-state index contributed by atoms with van der Waals surface area (Å²) in [6.45, 7) is 7.67. The summed E-state index contributed by atoms with van der Waals surface area (Å²) in [4.78, 5) is 25.4. The van der Waals surface area contributed by atoms with Crippen LogP contribution in [0.5, 0.6) is 0 Å². The van der Waals surface area contributed by atoms with Crippen LogP contribution in [0.1, 0.15) is 252 Å². The van der Waals surface area contributed by atoms with Gasteiger partial charge in [-0.05, 0) is 96.3 Å². The van der Waals surface area contributed by atoms with Crippen LogP contribution >= 0.6 is 0 Å². The minimum absolute atomic E-state index is 0.0333. The van der Waals surface area contributed by atoms with Crippen molar-refractivity contribution in [2.24, 2.45) is 0 Å². The molecule has 5 heteroatoms. The molecule has 0 aliphatic rings. The quantitative estimate of drug-likeness (QED) is 0.0346. The molecule has 0 saturated heterocycles. The van der Waals surface area contributed by atoms with Crippen LogP contribution in [0.4, 0.5) is 0 Å². The molecule has 0 aromatic heterocycles. The Balaban J connectivity index is 4.45. The maximum atomic E-state index is 12.8. The molecule has 1 atom stereocenters. The second-order valence-corrected chi connectivity index (χ2v) is 18.1. The summed E-state index contributed by atoms with van der Waals surface area (Å²) in [6.07, 6.45) is 75.8. The lowest BCUT2D eigenvalue weighted by molar-refractivity contribution is -0.162. The van der Waals surface area contributed by atoms with Gasteiger partial charge in [-0.15, -0.1) is 0 Å². The Hall–Kier alpha value is -3.18. The van der Waals surface area contributed by atoms with Crippen molar-refractivity contribution in [1.82, 2.24) is 0 Å². The molecule has 0 fully saturated rings. The number of ether oxygens (including phenoxy) is 3. The first-order chi connectivity index (χ1) is 32.6.